The van der Waals surface area contributed by atoms with Gasteiger partial charge < -0.3 is 10.8 Å². The van der Waals surface area contributed by atoms with Gasteiger partial charge in [-0.25, -0.2) is 12.8 Å². The molecular weight excluding hydrogens is 353 g/mol. The van der Waals surface area contributed by atoms with Crippen molar-refractivity contribution in [3.8, 4) is 0 Å². The molecule has 0 aromatic heterocycles. The fourth-order valence-electron chi connectivity index (χ4n) is 3.42. The Kier molecular flexibility index (Phi) is 4.42. The maximum absolute atomic E-state index is 13.5. The molecule has 0 unspecified atom stereocenters. The van der Waals surface area contributed by atoms with Crippen LogP contribution >= 0.6 is 11.6 Å². The molecule has 4 nitrogen and oxygen atoms in total. The van der Waals surface area contributed by atoms with Crippen molar-refractivity contribution < 1.29 is 17.9 Å². The Morgan fingerprint density at radius 2 is 1.88 bits per heavy atom. The summed E-state index contributed by atoms with van der Waals surface area (Å²) in [7, 11) is -3.75. The Morgan fingerprint density at radius 3 is 2.42 bits per heavy atom. The Hall–Kier alpha value is -1.47. The molecule has 7 heteroatoms. The topological polar surface area (TPSA) is 80.4 Å². The minimum Gasteiger partial charge on any atom is -0.396 e. The van der Waals surface area contributed by atoms with Gasteiger partial charge in [0, 0.05) is 22.9 Å². The van der Waals surface area contributed by atoms with E-state index in [-0.39, 0.29) is 18.0 Å². The van der Waals surface area contributed by atoms with E-state index in [1.54, 1.807) is 6.07 Å². The van der Waals surface area contributed by atoms with Gasteiger partial charge in [0.1, 0.15) is 5.82 Å². The quantitative estimate of drug-likeness (QED) is 0.847. The Morgan fingerprint density at radius 1 is 1.21 bits per heavy atom. The monoisotopic (exact) mass is 369 g/mol. The van der Waals surface area contributed by atoms with Crippen molar-refractivity contribution in [1.82, 2.24) is 0 Å². The number of rotatable bonds is 5. The van der Waals surface area contributed by atoms with Gasteiger partial charge in [-0.1, -0.05) is 23.7 Å². The molecule has 3 atom stereocenters. The first-order valence-corrected chi connectivity index (χ1v) is 9.35. The van der Waals surface area contributed by atoms with Crippen molar-refractivity contribution in [2.24, 2.45) is 11.1 Å². The summed E-state index contributed by atoms with van der Waals surface area (Å²) in [5.41, 5.74) is 5.31. The summed E-state index contributed by atoms with van der Waals surface area (Å²) in [5, 5.41) is 9.35. The maximum Gasteiger partial charge on any atom is 0.182 e. The number of aliphatic hydroxyl groups is 1. The zero-order valence-electron chi connectivity index (χ0n) is 12.7. The van der Waals surface area contributed by atoms with E-state index in [1.807, 2.05) is 0 Å². The number of aliphatic hydroxyl groups excluding tert-OH is 1. The second kappa shape index (κ2) is 6.11. The zero-order valence-corrected chi connectivity index (χ0v) is 14.3. The zero-order chi connectivity index (χ0) is 17.5. The van der Waals surface area contributed by atoms with Gasteiger partial charge in [-0.15, -0.1) is 0 Å². The molecular formula is C17H17ClFNO3S. The molecule has 1 aliphatic carbocycles. The highest BCUT2D eigenvalue weighted by Crippen LogP contribution is 2.63. The van der Waals surface area contributed by atoms with Crippen molar-refractivity contribution in [3.05, 3.63) is 64.9 Å². The Balaban J connectivity index is 2.06. The van der Waals surface area contributed by atoms with E-state index in [2.05, 4.69) is 0 Å². The number of hydrogen-bond donors (Lipinski definition) is 2. The summed E-state index contributed by atoms with van der Waals surface area (Å²) in [4.78, 5) is 0.113. The van der Waals surface area contributed by atoms with Gasteiger partial charge in [0.05, 0.1) is 16.8 Å². The molecule has 0 saturated heterocycles. The summed E-state index contributed by atoms with van der Waals surface area (Å²) in [6.45, 7) is -0.398. The smallest absolute Gasteiger partial charge is 0.182 e. The lowest BCUT2D eigenvalue weighted by Crippen LogP contribution is -2.27. The van der Waals surface area contributed by atoms with Crippen LogP contribution in [0.4, 0.5) is 4.39 Å². The first-order valence-electron chi connectivity index (χ1n) is 7.42. The van der Waals surface area contributed by atoms with Crippen LogP contribution in [-0.4, -0.2) is 31.9 Å². The molecule has 24 heavy (non-hydrogen) atoms. The molecule has 0 spiro atoms. The minimum absolute atomic E-state index is 0.0117. The standard InChI is InChI=1S/C17H17ClFNO3S/c18-12-4-6-14(7-5-12)24(22,23)16-15(17(16,9-20)10-21)11-2-1-3-13(19)8-11/h1-8,15-16,21H,9-10,20H2/t15-,16-,17+/m0/s1. The molecule has 1 aliphatic rings. The molecule has 2 aromatic carbocycles. The lowest BCUT2D eigenvalue weighted by molar-refractivity contribution is 0.212. The van der Waals surface area contributed by atoms with Gasteiger partial charge in [0.25, 0.3) is 0 Å². The van der Waals surface area contributed by atoms with E-state index in [9.17, 15) is 17.9 Å². The van der Waals surface area contributed by atoms with E-state index >= 15 is 0 Å². The van der Waals surface area contributed by atoms with E-state index in [0.717, 1.165) is 0 Å². The van der Waals surface area contributed by atoms with Gasteiger partial charge in [-0.3, -0.25) is 0 Å². The van der Waals surface area contributed by atoms with Crippen LogP contribution in [0.25, 0.3) is 0 Å². The van der Waals surface area contributed by atoms with Crippen LogP contribution in [0.5, 0.6) is 0 Å². The largest absolute Gasteiger partial charge is 0.396 e. The van der Waals surface area contributed by atoms with Crippen LogP contribution in [0, 0.1) is 11.2 Å². The predicted molar refractivity (Wildman–Crippen MR) is 90.1 cm³/mol. The van der Waals surface area contributed by atoms with Crippen molar-refractivity contribution in [2.75, 3.05) is 13.2 Å². The molecule has 2 aromatic rings. The first kappa shape index (κ1) is 17.4. The van der Waals surface area contributed by atoms with Crippen LogP contribution in [0.15, 0.2) is 53.4 Å². The van der Waals surface area contributed by atoms with E-state index in [0.29, 0.717) is 10.6 Å². The van der Waals surface area contributed by atoms with E-state index < -0.39 is 32.2 Å². The Bertz CT molecular complexity index is 850. The summed E-state index contributed by atoms with van der Waals surface area (Å²) >= 11 is 5.81. The van der Waals surface area contributed by atoms with Crippen molar-refractivity contribution >= 4 is 21.4 Å². The molecule has 0 aliphatic heterocycles. The fourth-order valence-corrected chi connectivity index (χ4v) is 5.99. The SMILES string of the molecule is NC[C@@]1(CO)[C@@H](c2cccc(F)c2)[C@@H]1S(=O)(=O)c1ccc(Cl)cc1. The highest BCUT2D eigenvalue weighted by atomic mass is 35.5. The first-order chi connectivity index (χ1) is 11.4. The number of sulfone groups is 1. The summed E-state index contributed by atoms with van der Waals surface area (Å²) in [5.74, 6) is -1.00. The number of benzene rings is 2. The third kappa shape index (κ3) is 2.63. The van der Waals surface area contributed by atoms with Crippen molar-refractivity contribution in [1.29, 1.82) is 0 Å². The number of halogens is 2. The number of hydrogen-bond acceptors (Lipinski definition) is 4. The predicted octanol–water partition coefficient (Wildman–Crippen LogP) is 2.36. The highest BCUT2D eigenvalue weighted by molar-refractivity contribution is 7.92. The van der Waals surface area contributed by atoms with Gasteiger partial charge in [-0.05, 0) is 42.0 Å². The average molecular weight is 370 g/mol. The van der Waals surface area contributed by atoms with Gasteiger partial charge in [0.2, 0.25) is 0 Å². The molecule has 3 N–H and O–H groups in total. The molecule has 1 fully saturated rings. The van der Waals surface area contributed by atoms with E-state index in [4.69, 9.17) is 17.3 Å². The third-order valence-electron chi connectivity index (χ3n) is 4.74. The lowest BCUT2D eigenvalue weighted by atomic mass is 10.00. The van der Waals surface area contributed by atoms with Gasteiger partial charge in [0.15, 0.2) is 9.84 Å². The van der Waals surface area contributed by atoms with Gasteiger partial charge in [-0.2, -0.15) is 0 Å². The third-order valence-corrected chi connectivity index (χ3v) is 7.33. The van der Waals surface area contributed by atoms with Crippen LogP contribution in [0.1, 0.15) is 11.5 Å². The Labute approximate surface area is 145 Å². The second-order valence-corrected chi connectivity index (χ2v) is 8.55. The summed E-state index contributed by atoms with van der Waals surface area (Å²) in [6.07, 6.45) is 0. The summed E-state index contributed by atoms with van der Waals surface area (Å²) < 4.78 is 39.6. The van der Waals surface area contributed by atoms with Gasteiger partial charge >= 0.3 is 0 Å². The van der Waals surface area contributed by atoms with Crippen molar-refractivity contribution in [3.63, 3.8) is 0 Å². The number of nitrogens with two attached hydrogens (primary N) is 1. The lowest BCUT2D eigenvalue weighted by Gasteiger charge is -2.12. The molecule has 1 saturated carbocycles. The molecule has 0 amide bonds. The van der Waals surface area contributed by atoms with Crippen molar-refractivity contribution in [2.45, 2.75) is 16.1 Å². The van der Waals surface area contributed by atoms with Crippen LogP contribution in [0.3, 0.4) is 0 Å². The molecule has 0 radical (unpaired) electrons. The maximum atomic E-state index is 13.5. The second-order valence-electron chi connectivity index (χ2n) is 6.05. The van der Waals surface area contributed by atoms with Crippen LogP contribution < -0.4 is 5.73 Å². The average Bonchev–Trinajstić information content (AvgIpc) is 3.26. The fraction of sp³-hybridized carbons (Fsp3) is 0.294. The normalized spacial score (nSPS) is 26.3. The highest BCUT2D eigenvalue weighted by Gasteiger charge is 2.70. The molecule has 0 bridgehead atoms. The van der Waals surface area contributed by atoms with Crippen LogP contribution in [0.2, 0.25) is 5.02 Å². The molecule has 3 rings (SSSR count). The van der Waals surface area contributed by atoms with Crippen LogP contribution in [-0.2, 0) is 9.84 Å². The van der Waals surface area contributed by atoms with E-state index in [1.165, 1.54) is 42.5 Å². The molecule has 128 valence electrons. The molecule has 0 heterocycles. The minimum atomic E-state index is -3.75. The summed E-state index contributed by atoms with van der Waals surface area (Å²) in [6, 6.07) is 11.6.